The number of carbonyl (C=O) groups excluding carboxylic acids is 1. The second-order valence-electron chi connectivity index (χ2n) is 6.59. The minimum atomic E-state index is -3.74. The normalized spacial score (nSPS) is 13.7. The maximum Gasteiger partial charge on any atom is 0.244 e. The standard InChI is InChI=1S/C20H25FN2O3S/c1-5-19(16-8-6-14(2)7-9-16)22-20(24)15(3)23(27(4,25)26)18-12-10-17(21)11-13-18/h6-13,15,19H,5H2,1-4H3,(H,22,24). The highest BCUT2D eigenvalue weighted by molar-refractivity contribution is 7.92. The molecule has 0 heterocycles. The fourth-order valence-corrected chi connectivity index (χ4v) is 4.08. The van der Waals surface area contributed by atoms with Gasteiger partial charge in [0, 0.05) is 0 Å². The van der Waals surface area contributed by atoms with E-state index in [1.807, 2.05) is 38.1 Å². The molecule has 2 unspecified atom stereocenters. The number of halogens is 1. The Morgan fingerprint density at radius 2 is 1.67 bits per heavy atom. The Kier molecular flexibility index (Phi) is 6.59. The summed E-state index contributed by atoms with van der Waals surface area (Å²) < 4.78 is 38.8. The van der Waals surface area contributed by atoms with E-state index in [4.69, 9.17) is 0 Å². The van der Waals surface area contributed by atoms with Crippen molar-refractivity contribution in [3.63, 3.8) is 0 Å². The third-order valence-electron chi connectivity index (χ3n) is 4.37. The first kappa shape index (κ1) is 20.9. The van der Waals surface area contributed by atoms with Crippen molar-refractivity contribution in [2.75, 3.05) is 10.6 Å². The summed E-state index contributed by atoms with van der Waals surface area (Å²) in [6.45, 7) is 5.45. The lowest BCUT2D eigenvalue weighted by Gasteiger charge is -2.29. The van der Waals surface area contributed by atoms with E-state index in [0.29, 0.717) is 6.42 Å². The topological polar surface area (TPSA) is 66.5 Å². The van der Waals surface area contributed by atoms with Gasteiger partial charge in [-0.05, 0) is 50.1 Å². The van der Waals surface area contributed by atoms with Crippen molar-refractivity contribution < 1.29 is 17.6 Å². The van der Waals surface area contributed by atoms with Crippen LogP contribution in [0.5, 0.6) is 0 Å². The molecule has 146 valence electrons. The first-order valence-corrected chi connectivity index (χ1v) is 10.6. The van der Waals surface area contributed by atoms with Crippen molar-refractivity contribution in [3.05, 3.63) is 65.5 Å². The summed E-state index contributed by atoms with van der Waals surface area (Å²) in [4.78, 5) is 12.8. The van der Waals surface area contributed by atoms with Gasteiger partial charge in [0.15, 0.2) is 0 Å². The summed E-state index contributed by atoms with van der Waals surface area (Å²) in [7, 11) is -3.74. The van der Waals surface area contributed by atoms with Gasteiger partial charge in [0.1, 0.15) is 11.9 Å². The number of nitrogens with zero attached hydrogens (tertiary/aromatic N) is 1. The van der Waals surface area contributed by atoms with E-state index >= 15 is 0 Å². The fraction of sp³-hybridized carbons (Fsp3) is 0.350. The van der Waals surface area contributed by atoms with Gasteiger partial charge in [-0.25, -0.2) is 12.8 Å². The molecule has 5 nitrogen and oxygen atoms in total. The van der Waals surface area contributed by atoms with Crippen molar-refractivity contribution in [2.45, 2.75) is 39.3 Å². The van der Waals surface area contributed by atoms with E-state index < -0.39 is 27.8 Å². The highest BCUT2D eigenvalue weighted by atomic mass is 32.2. The third kappa shape index (κ3) is 5.29. The monoisotopic (exact) mass is 392 g/mol. The van der Waals surface area contributed by atoms with Crippen LogP contribution in [0.2, 0.25) is 0 Å². The predicted molar refractivity (Wildman–Crippen MR) is 106 cm³/mol. The summed E-state index contributed by atoms with van der Waals surface area (Å²) in [5.74, 6) is -0.896. The van der Waals surface area contributed by atoms with E-state index in [1.165, 1.54) is 31.2 Å². The van der Waals surface area contributed by atoms with Crippen molar-refractivity contribution in [3.8, 4) is 0 Å². The number of benzene rings is 2. The van der Waals surface area contributed by atoms with E-state index in [0.717, 1.165) is 21.7 Å². The molecule has 0 aromatic heterocycles. The van der Waals surface area contributed by atoms with E-state index in [9.17, 15) is 17.6 Å². The van der Waals surface area contributed by atoms with E-state index in [1.54, 1.807) is 0 Å². The number of hydrogen-bond acceptors (Lipinski definition) is 3. The zero-order valence-corrected chi connectivity index (χ0v) is 16.8. The van der Waals surface area contributed by atoms with Crippen LogP contribution in [0, 0.1) is 12.7 Å². The molecule has 0 saturated heterocycles. The molecule has 2 rings (SSSR count). The summed E-state index contributed by atoms with van der Waals surface area (Å²) in [6, 6.07) is 11.6. The first-order chi connectivity index (χ1) is 12.6. The molecule has 0 aliphatic heterocycles. The number of nitrogens with one attached hydrogen (secondary N) is 1. The minimum absolute atomic E-state index is 0.227. The predicted octanol–water partition coefficient (Wildman–Crippen LogP) is 3.56. The smallest absolute Gasteiger partial charge is 0.244 e. The van der Waals surface area contributed by atoms with Gasteiger partial charge in [0.05, 0.1) is 18.0 Å². The number of carbonyl (C=O) groups is 1. The Morgan fingerprint density at radius 1 is 1.11 bits per heavy atom. The maximum atomic E-state index is 13.2. The Balaban J connectivity index is 2.26. The molecule has 1 amide bonds. The Hall–Kier alpha value is -2.41. The Labute approximate surface area is 160 Å². The van der Waals surface area contributed by atoms with Crippen LogP contribution in [0.1, 0.15) is 37.4 Å². The molecule has 0 aliphatic carbocycles. The molecule has 0 radical (unpaired) electrons. The number of amides is 1. The molecule has 0 aliphatic rings. The number of hydrogen-bond donors (Lipinski definition) is 1. The van der Waals surface area contributed by atoms with Crippen LogP contribution in [0.25, 0.3) is 0 Å². The highest BCUT2D eigenvalue weighted by Crippen LogP contribution is 2.23. The first-order valence-electron chi connectivity index (χ1n) is 8.75. The summed E-state index contributed by atoms with van der Waals surface area (Å²) in [5, 5.41) is 2.92. The maximum absolute atomic E-state index is 13.2. The third-order valence-corrected chi connectivity index (χ3v) is 5.62. The van der Waals surface area contributed by atoms with Crippen LogP contribution >= 0.6 is 0 Å². The Bertz CT molecular complexity index is 880. The quantitative estimate of drug-likeness (QED) is 0.784. The SMILES string of the molecule is CCC(NC(=O)C(C)N(c1ccc(F)cc1)S(C)(=O)=O)c1ccc(C)cc1. The molecule has 1 N–H and O–H groups in total. The zero-order chi connectivity index (χ0) is 20.2. The molecule has 27 heavy (non-hydrogen) atoms. The van der Waals surface area contributed by atoms with Crippen molar-refractivity contribution >= 4 is 21.6 Å². The summed E-state index contributed by atoms with van der Waals surface area (Å²) >= 11 is 0. The fourth-order valence-electron chi connectivity index (χ4n) is 2.91. The van der Waals surface area contributed by atoms with E-state index in [2.05, 4.69) is 5.32 Å². The van der Waals surface area contributed by atoms with Gasteiger partial charge in [-0.1, -0.05) is 36.8 Å². The largest absolute Gasteiger partial charge is 0.347 e. The van der Waals surface area contributed by atoms with Gasteiger partial charge < -0.3 is 5.32 Å². The van der Waals surface area contributed by atoms with Crippen LogP contribution in [-0.2, 0) is 14.8 Å². The van der Waals surface area contributed by atoms with Gasteiger partial charge in [0.2, 0.25) is 15.9 Å². The molecule has 2 aromatic rings. The average Bonchev–Trinajstić information content (AvgIpc) is 2.61. The molecule has 0 spiro atoms. The second-order valence-corrected chi connectivity index (χ2v) is 8.45. The molecule has 2 atom stereocenters. The minimum Gasteiger partial charge on any atom is -0.347 e. The van der Waals surface area contributed by atoms with E-state index in [-0.39, 0.29) is 11.7 Å². The van der Waals surface area contributed by atoms with Crippen molar-refractivity contribution in [2.24, 2.45) is 0 Å². The lowest BCUT2D eigenvalue weighted by molar-refractivity contribution is -0.122. The zero-order valence-electron chi connectivity index (χ0n) is 15.9. The average molecular weight is 392 g/mol. The molecular formula is C20H25FN2O3S. The Morgan fingerprint density at radius 3 is 2.15 bits per heavy atom. The number of rotatable bonds is 7. The molecule has 2 aromatic carbocycles. The number of aryl methyl sites for hydroxylation is 1. The van der Waals surface area contributed by atoms with Crippen LogP contribution < -0.4 is 9.62 Å². The summed E-state index contributed by atoms with van der Waals surface area (Å²) in [6.07, 6.45) is 1.69. The van der Waals surface area contributed by atoms with Crippen LogP contribution in [0.15, 0.2) is 48.5 Å². The van der Waals surface area contributed by atoms with Crippen molar-refractivity contribution in [1.29, 1.82) is 0 Å². The van der Waals surface area contributed by atoms with Gasteiger partial charge in [-0.3, -0.25) is 9.10 Å². The molecule has 0 saturated carbocycles. The molecule has 0 fully saturated rings. The van der Waals surface area contributed by atoms with Gasteiger partial charge in [-0.2, -0.15) is 0 Å². The molecule has 0 bridgehead atoms. The summed E-state index contributed by atoms with van der Waals surface area (Å²) in [5.41, 5.74) is 2.31. The van der Waals surface area contributed by atoms with Gasteiger partial charge in [0.25, 0.3) is 0 Å². The highest BCUT2D eigenvalue weighted by Gasteiger charge is 2.30. The van der Waals surface area contributed by atoms with Crippen LogP contribution in [-0.4, -0.2) is 26.6 Å². The van der Waals surface area contributed by atoms with Gasteiger partial charge in [-0.15, -0.1) is 0 Å². The molecule has 7 heteroatoms. The number of sulfonamides is 1. The second kappa shape index (κ2) is 8.52. The lowest BCUT2D eigenvalue weighted by Crippen LogP contribution is -2.48. The van der Waals surface area contributed by atoms with Crippen LogP contribution in [0.3, 0.4) is 0 Å². The molecular weight excluding hydrogens is 367 g/mol. The number of anilines is 1. The lowest BCUT2D eigenvalue weighted by atomic mass is 10.0. The van der Waals surface area contributed by atoms with Gasteiger partial charge >= 0.3 is 0 Å². The van der Waals surface area contributed by atoms with Crippen molar-refractivity contribution in [1.82, 2.24) is 5.32 Å². The van der Waals surface area contributed by atoms with Crippen LogP contribution in [0.4, 0.5) is 10.1 Å².